The lowest BCUT2D eigenvalue weighted by Crippen LogP contribution is -2.29. The molecule has 1 aliphatic rings. The summed E-state index contributed by atoms with van der Waals surface area (Å²) in [6.45, 7) is 2.80. The molecule has 4 rings (SSSR count). The van der Waals surface area contributed by atoms with E-state index in [1.165, 1.54) is 6.07 Å². The first-order valence-electron chi connectivity index (χ1n) is 10.9. The van der Waals surface area contributed by atoms with Crippen LogP contribution >= 0.6 is 11.6 Å². The quantitative estimate of drug-likeness (QED) is 0.331. The molecule has 7 nitrogen and oxygen atoms in total. The topological polar surface area (TPSA) is 84.9 Å². The maximum absolute atomic E-state index is 12.7. The number of para-hydroxylation sites is 2. The van der Waals surface area contributed by atoms with Crippen molar-refractivity contribution < 1.29 is 23.9 Å². The molecule has 0 fully saturated rings. The molecule has 174 valence electrons. The molecule has 0 saturated heterocycles. The highest BCUT2D eigenvalue weighted by Crippen LogP contribution is 2.35. The second kappa shape index (κ2) is 10.4. The number of hydrogen-bond donors (Lipinski definition) is 1. The minimum atomic E-state index is -0.426. The normalized spacial score (nSPS) is 12.5. The van der Waals surface area contributed by atoms with Crippen LogP contribution in [0.2, 0.25) is 5.02 Å². The van der Waals surface area contributed by atoms with Gasteiger partial charge in [0.25, 0.3) is 11.8 Å². The Bertz CT molecular complexity index is 1210. The number of nitrogens with zero attached hydrogens (tertiary/aromatic N) is 1. The predicted octanol–water partition coefficient (Wildman–Crippen LogP) is 5.34. The third-order valence-corrected chi connectivity index (χ3v) is 5.52. The van der Waals surface area contributed by atoms with Crippen LogP contribution < -0.4 is 19.7 Å². The Labute approximate surface area is 202 Å². The highest BCUT2D eigenvalue weighted by molar-refractivity contribution is 6.40. The van der Waals surface area contributed by atoms with Crippen molar-refractivity contribution in [3.05, 3.63) is 82.9 Å². The van der Waals surface area contributed by atoms with Crippen LogP contribution in [0, 0.1) is 0 Å². The number of carbonyl (C=O) groups excluding carboxylic acids is 3. The van der Waals surface area contributed by atoms with E-state index in [9.17, 15) is 14.4 Å². The summed E-state index contributed by atoms with van der Waals surface area (Å²) in [5.41, 5.74) is 1.42. The monoisotopic (exact) mass is 478 g/mol. The van der Waals surface area contributed by atoms with Gasteiger partial charge in [-0.1, -0.05) is 35.9 Å². The van der Waals surface area contributed by atoms with Crippen molar-refractivity contribution in [3.63, 3.8) is 0 Å². The zero-order valence-corrected chi connectivity index (χ0v) is 19.3. The van der Waals surface area contributed by atoms with Crippen LogP contribution in [0.5, 0.6) is 11.5 Å². The molecule has 3 aromatic rings. The lowest BCUT2D eigenvalue weighted by Gasteiger charge is -2.16. The van der Waals surface area contributed by atoms with Crippen LogP contribution in [0.1, 0.15) is 40.5 Å². The molecule has 0 radical (unpaired) electrons. The highest BCUT2D eigenvalue weighted by atomic mass is 35.5. The number of nitrogens with one attached hydrogen (secondary N) is 1. The third-order valence-electron chi connectivity index (χ3n) is 5.22. The van der Waals surface area contributed by atoms with Crippen molar-refractivity contribution in [2.45, 2.75) is 19.8 Å². The van der Waals surface area contributed by atoms with Crippen LogP contribution in [0.3, 0.4) is 0 Å². The minimum Gasteiger partial charge on any atom is -0.490 e. The smallest absolute Gasteiger partial charge is 0.266 e. The largest absolute Gasteiger partial charge is 0.490 e. The molecule has 34 heavy (non-hydrogen) atoms. The molecular formula is C26H23ClN2O5. The molecular weight excluding hydrogens is 456 g/mol. The van der Waals surface area contributed by atoms with Crippen LogP contribution in [0.25, 0.3) is 0 Å². The average molecular weight is 479 g/mol. The molecule has 0 unspecified atom stereocenters. The van der Waals surface area contributed by atoms with E-state index in [0.29, 0.717) is 47.9 Å². The standard InChI is InChI=1S/C26H23ClN2O5/c1-2-33-22-10-5-6-11-23(22)34-15-7-12-24(30)28-17-13-14-21(20(27)16-17)29-25(31)18-8-3-4-9-19(18)26(29)32/h3-6,8-11,13-14,16H,2,7,12,15H2,1H3,(H,28,30). The molecule has 0 aromatic heterocycles. The molecule has 0 atom stereocenters. The summed E-state index contributed by atoms with van der Waals surface area (Å²) in [6, 6.07) is 18.7. The zero-order valence-electron chi connectivity index (χ0n) is 18.5. The van der Waals surface area contributed by atoms with Crippen molar-refractivity contribution in [1.29, 1.82) is 0 Å². The minimum absolute atomic E-state index is 0.183. The van der Waals surface area contributed by atoms with Crippen molar-refractivity contribution in [3.8, 4) is 11.5 Å². The highest BCUT2D eigenvalue weighted by Gasteiger charge is 2.37. The van der Waals surface area contributed by atoms with Gasteiger partial charge in [0.1, 0.15) is 0 Å². The van der Waals surface area contributed by atoms with Crippen LogP contribution in [0.15, 0.2) is 66.7 Å². The lowest BCUT2D eigenvalue weighted by atomic mass is 10.1. The summed E-state index contributed by atoms with van der Waals surface area (Å²) in [7, 11) is 0. The molecule has 0 spiro atoms. The molecule has 1 heterocycles. The van der Waals surface area contributed by atoms with Gasteiger partial charge < -0.3 is 14.8 Å². The summed E-state index contributed by atoms with van der Waals surface area (Å²) in [5, 5.41) is 2.96. The number of hydrogen-bond acceptors (Lipinski definition) is 5. The van der Waals surface area contributed by atoms with Crippen molar-refractivity contribution >= 4 is 40.7 Å². The van der Waals surface area contributed by atoms with E-state index in [-0.39, 0.29) is 23.0 Å². The van der Waals surface area contributed by atoms with Gasteiger partial charge in [0, 0.05) is 12.1 Å². The number of ether oxygens (including phenoxy) is 2. The predicted molar refractivity (Wildman–Crippen MR) is 130 cm³/mol. The van der Waals surface area contributed by atoms with Gasteiger partial charge in [-0.3, -0.25) is 14.4 Å². The average Bonchev–Trinajstić information content (AvgIpc) is 3.08. The van der Waals surface area contributed by atoms with Gasteiger partial charge in [-0.05, 0) is 55.8 Å². The number of benzene rings is 3. The number of fused-ring (bicyclic) bond motifs is 1. The molecule has 3 aromatic carbocycles. The Morgan fingerprint density at radius 1 is 0.912 bits per heavy atom. The van der Waals surface area contributed by atoms with Crippen LogP contribution in [-0.2, 0) is 4.79 Å². The van der Waals surface area contributed by atoms with Gasteiger partial charge in [0.15, 0.2) is 11.5 Å². The van der Waals surface area contributed by atoms with Gasteiger partial charge in [-0.15, -0.1) is 0 Å². The van der Waals surface area contributed by atoms with Crippen molar-refractivity contribution in [2.24, 2.45) is 0 Å². The molecule has 0 saturated carbocycles. The lowest BCUT2D eigenvalue weighted by molar-refractivity contribution is -0.116. The number of anilines is 2. The number of amides is 3. The van der Waals surface area contributed by atoms with E-state index in [1.54, 1.807) is 36.4 Å². The second-order valence-electron chi connectivity index (χ2n) is 7.54. The Morgan fingerprint density at radius 2 is 1.53 bits per heavy atom. The van der Waals surface area contributed by atoms with Crippen molar-refractivity contribution in [2.75, 3.05) is 23.4 Å². The van der Waals surface area contributed by atoms with E-state index in [4.69, 9.17) is 21.1 Å². The number of rotatable bonds is 9. The Balaban J connectivity index is 1.32. The van der Waals surface area contributed by atoms with E-state index < -0.39 is 11.8 Å². The third kappa shape index (κ3) is 4.89. The molecule has 1 N–H and O–H groups in total. The van der Waals surface area contributed by atoms with Gasteiger partial charge in [-0.25, -0.2) is 4.90 Å². The van der Waals surface area contributed by atoms with Crippen LogP contribution in [0.4, 0.5) is 11.4 Å². The van der Waals surface area contributed by atoms with Gasteiger partial charge in [0.2, 0.25) is 5.91 Å². The summed E-state index contributed by atoms with van der Waals surface area (Å²) in [5.74, 6) is 0.254. The van der Waals surface area contributed by atoms with Gasteiger partial charge in [0.05, 0.1) is 35.1 Å². The van der Waals surface area contributed by atoms with Crippen molar-refractivity contribution in [1.82, 2.24) is 0 Å². The van der Waals surface area contributed by atoms with E-state index in [0.717, 1.165) is 4.90 Å². The number of halogens is 1. The number of imide groups is 1. The zero-order chi connectivity index (χ0) is 24.1. The fourth-order valence-corrected chi connectivity index (χ4v) is 3.92. The Hall–Kier alpha value is -3.84. The summed E-state index contributed by atoms with van der Waals surface area (Å²) >= 11 is 6.37. The van der Waals surface area contributed by atoms with E-state index in [1.807, 2.05) is 31.2 Å². The van der Waals surface area contributed by atoms with E-state index in [2.05, 4.69) is 5.32 Å². The molecule has 0 bridgehead atoms. The molecule has 0 aliphatic carbocycles. The maximum atomic E-state index is 12.7. The first-order valence-corrected chi connectivity index (χ1v) is 11.3. The molecule has 8 heteroatoms. The first kappa shape index (κ1) is 23.3. The first-order chi connectivity index (χ1) is 16.5. The molecule has 3 amide bonds. The maximum Gasteiger partial charge on any atom is 0.266 e. The Morgan fingerprint density at radius 3 is 2.15 bits per heavy atom. The molecule has 1 aliphatic heterocycles. The Kier molecular flexibility index (Phi) is 7.13. The van der Waals surface area contributed by atoms with Gasteiger partial charge >= 0.3 is 0 Å². The fourth-order valence-electron chi connectivity index (χ4n) is 3.66. The SMILES string of the molecule is CCOc1ccccc1OCCCC(=O)Nc1ccc(N2C(=O)c3ccccc3C2=O)c(Cl)c1. The van der Waals surface area contributed by atoms with E-state index >= 15 is 0 Å². The van der Waals surface area contributed by atoms with Crippen LogP contribution in [-0.4, -0.2) is 30.9 Å². The summed E-state index contributed by atoms with van der Waals surface area (Å²) in [6.07, 6.45) is 0.752. The summed E-state index contributed by atoms with van der Waals surface area (Å²) < 4.78 is 11.3. The second-order valence-corrected chi connectivity index (χ2v) is 7.94. The summed E-state index contributed by atoms with van der Waals surface area (Å²) in [4.78, 5) is 38.8. The fraction of sp³-hybridized carbons (Fsp3) is 0.192. The number of carbonyl (C=O) groups is 3. The van der Waals surface area contributed by atoms with Gasteiger partial charge in [-0.2, -0.15) is 0 Å².